The molecule has 2 aromatic heterocycles. The van der Waals surface area contributed by atoms with Crippen LogP contribution >= 0.6 is 23.1 Å². The first-order valence-corrected chi connectivity index (χ1v) is 10.2. The molecule has 0 bridgehead atoms. The third kappa shape index (κ3) is 4.63. The summed E-state index contributed by atoms with van der Waals surface area (Å²) in [5, 5.41) is 4.86. The number of halogens is 1. The summed E-state index contributed by atoms with van der Waals surface area (Å²) in [5.74, 6) is -2.49. The largest absolute Gasteiger partial charge is 0.451 e. The van der Waals surface area contributed by atoms with Gasteiger partial charge >= 0.3 is 5.97 Å². The highest BCUT2D eigenvalue weighted by Gasteiger charge is 2.20. The summed E-state index contributed by atoms with van der Waals surface area (Å²) >= 11 is 2.42. The maximum atomic E-state index is 13.2. The second-order valence-corrected chi connectivity index (χ2v) is 7.28. The van der Waals surface area contributed by atoms with E-state index in [1.165, 1.54) is 52.9 Å². The number of anilines is 1. The number of nitrogens with zero attached hydrogens (tertiary/aromatic N) is 2. The number of thioether (sulfide) groups is 1. The summed E-state index contributed by atoms with van der Waals surface area (Å²) in [4.78, 5) is 40.0. The zero-order valence-corrected chi connectivity index (χ0v) is 16.7. The molecule has 0 aliphatic heterocycles. The molecule has 0 fully saturated rings. The fourth-order valence-corrected chi connectivity index (χ4v) is 3.78. The molecule has 3 aromatic rings. The molecule has 3 N–H and O–H groups in total. The molecule has 2 amide bonds. The molecule has 0 saturated heterocycles. The van der Waals surface area contributed by atoms with E-state index in [1.807, 2.05) is 0 Å². The summed E-state index contributed by atoms with van der Waals surface area (Å²) in [6, 6.07) is 7.02. The monoisotopic (exact) mass is 434 g/mol. The average Bonchev–Trinajstić information content (AvgIpc) is 3.33. The normalized spacial score (nSPS) is 10.6. The number of amides is 2. The number of aromatic nitrogens is 2. The minimum absolute atomic E-state index is 0.0858. The number of nitrogens with two attached hydrogens (primary N) is 1. The summed E-state index contributed by atoms with van der Waals surface area (Å²) in [7, 11) is 0. The lowest BCUT2D eigenvalue weighted by Crippen LogP contribution is -2.23. The lowest BCUT2D eigenvalue weighted by atomic mass is 10.3. The van der Waals surface area contributed by atoms with Crippen LogP contribution in [0.1, 0.15) is 20.8 Å². The fourth-order valence-electron chi connectivity index (χ4n) is 2.43. The van der Waals surface area contributed by atoms with Crippen LogP contribution in [0, 0.1) is 5.82 Å². The molecule has 1 aromatic carbocycles. The van der Waals surface area contributed by atoms with Gasteiger partial charge in [-0.3, -0.25) is 14.2 Å². The van der Waals surface area contributed by atoms with Crippen molar-refractivity contribution in [2.45, 2.75) is 5.16 Å². The van der Waals surface area contributed by atoms with Crippen LogP contribution in [0.4, 0.5) is 9.39 Å². The smallest absolute Gasteiger partial charge is 0.357 e. The SMILES string of the molecule is CSc1ncc(C(=O)OCC(=O)Nc2sccc2C(N)=O)n1-c1ccc(F)cc1. The van der Waals surface area contributed by atoms with Crippen LogP contribution in [0.25, 0.3) is 5.69 Å². The summed E-state index contributed by atoms with van der Waals surface area (Å²) in [5.41, 5.74) is 6.01. The molecule has 0 atom stereocenters. The van der Waals surface area contributed by atoms with E-state index < -0.39 is 30.2 Å². The van der Waals surface area contributed by atoms with Crippen LogP contribution < -0.4 is 11.1 Å². The van der Waals surface area contributed by atoms with Crippen LogP contribution in [0.5, 0.6) is 0 Å². The van der Waals surface area contributed by atoms with Crippen molar-refractivity contribution in [3.8, 4) is 5.69 Å². The van der Waals surface area contributed by atoms with E-state index in [1.54, 1.807) is 11.6 Å². The topological polar surface area (TPSA) is 116 Å². The van der Waals surface area contributed by atoms with E-state index in [0.29, 0.717) is 10.8 Å². The molecule has 29 heavy (non-hydrogen) atoms. The second-order valence-electron chi connectivity index (χ2n) is 5.59. The van der Waals surface area contributed by atoms with Crippen molar-refractivity contribution >= 4 is 45.9 Å². The van der Waals surface area contributed by atoms with Crippen molar-refractivity contribution < 1.29 is 23.5 Å². The Morgan fingerprint density at radius 2 is 2.00 bits per heavy atom. The Morgan fingerprint density at radius 3 is 2.66 bits per heavy atom. The number of nitrogens with one attached hydrogen (secondary N) is 1. The summed E-state index contributed by atoms with van der Waals surface area (Å²) in [6.07, 6.45) is 3.10. The maximum absolute atomic E-state index is 13.2. The summed E-state index contributed by atoms with van der Waals surface area (Å²) < 4.78 is 19.8. The van der Waals surface area contributed by atoms with Crippen LogP contribution in [0.15, 0.2) is 47.1 Å². The molecule has 3 rings (SSSR count). The van der Waals surface area contributed by atoms with Gasteiger partial charge in [0, 0.05) is 5.69 Å². The molecular weight excluding hydrogens is 419 g/mol. The molecule has 0 aliphatic carbocycles. The van der Waals surface area contributed by atoms with Crippen LogP contribution in [-0.2, 0) is 9.53 Å². The van der Waals surface area contributed by atoms with Gasteiger partial charge in [-0.05, 0) is 42.0 Å². The number of carbonyl (C=O) groups excluding carboxylic acids is 3. The molecule has 150 valence electrons. The Hall–Kier alpha value is -3.18. The Labute approximate surface area is 172 Å². The Kier molecular flexibility index (Phi) is 6.29. The van der Waals surface area contributed by atoms with E-state index in [4.69, 9.17) is 10.5 Å². The number of esters is 1. The van der Waals surface area contributed by atoms with Crippen molar-refractivity contribution in [3.05, 3.63) is 59.0 Å². The number of ether oxygens (including phenoxy) is 1. The number of benzene rings is 1. The van der Waals surface area contributed by atoms with Crippen molar-refractivity contribution in [2.24, 2.45) is 5.73 Å². The highest BCUT2D eigenvalue weighted by atomic mass is 32.2. The Bertz CT molecular complexity index is 1060. The van der Waals surface area contributed by atoms with Crippen molar-refractivity contribution in [2.75, 3.05) is 18.2 Å². The molecule has 2 heterocycles. The number of thiophene rings is 1. The van der Waals surface area contributed by atoms with E-state index in [9.17, 15) is 18.8 Å². The molecule has 0 unspecified atom stereocenters. The number of rotatable bonds is 7. The molecule has 0 saturated carbocycles. The van der Waals surface area contributed by atoms with Gasteiger partial charge < -0.3 is 15.8 Å². The molecule has 8 nitrogen and oxygen atoms in total. The van der Waals surface area contributed by atoms with Crippen molar-refractivity contribution in [3.63, 3.8) is 0 Å². The second kappa shape index (κ2) is 8.88. The van der Waals surface area contributed by atoms with Crippen LogP contribution in [-0.4, -0.2) is 40.2 Å². The number of carbonyl (C=O) groups is 3. The third-order valence-corrected chi connectivity index (χ3v) is 5.21. The number of hydrogen-bond donors (Lipinski definition) is 2. The van der Waals surface area contributed by atoms with Crippen LogP contribution in [0.3, 0.4) is 0 Å². The van der Waals surface area contributed by atoms with Gasteiger partial charge in [-0.15, -0.1) is 11.3 Å². The number of primary amides is 1. The first-order valence-electron chi connectivity index (χ1n) is 8.12. The van der Waals surface area contributed by atoms with Crippen molar-refractivity contribution in [1.29, 1.82) is 0 Å². The minimum atomic E-state index is -0.779. The van der Waals surface area contributed by atoms with E-state index in [2.05, 4.69) is 10.3 Å². The highest BCUT2D eigenvalue weighted by Crippen LogP contribution is 2.24. The van der Waals surface area contributed by atoms with E-state index >= 15 is 0 Å². The lowest BCUT2D eigenvalue weighted by molar-refractivity contribution is -0.119. The predicted octanol–water partition coefficient (Wildman–Crippen LogP) is 2.69. The summed E-state index contributed by atoms with van der Waals surface area (Å²) in [6.45, 7) is -0.571. The minimum Gasteiger partial charge on any atom is -0.451 e. The molecule has 0 spiro atoms. The third-order valence-electron chi connectivity index (χ3n) is 3.72. The van der Waals surface area contributed by atoms with Gasteiger partial charge in [-0.1, -0.05) is 11.8 Å². The van der Waals surface area contributed by atoms with Crippen LogP contribution in [0.2, 0.25) is 0 Å². The van der Waals surface area contributed by atoms with Gasteiger partial charge in [0.25, 0.3) is 11.8 Å². The molecule has 11 heteroatoms. The Balaban J connectivity index is 1.72. The number of hydrogen-bond acceptors (Lipinski definition) is 7. The van der Waals surface area contributed by atoms with Gasteiger partial charge in [0.1, 0.15) is 10.8 Å². The highest BCUT2D eigenvalue weighted by molar-refractivity contribution is 7.98. The van der Waals surface area contributed by atoms with E-state index in [0.717, 1.165) is 11.3 Å². The zero-order chi connectivity index (χ0) is 21.0. The van der Waals surface area contributed by atoms with Gasteiger partial charge in [-0.2, -0.15) is 0 Å². The van der Waals surface area contributed by atoms with Gasteiger partial charge in [0.2, 0.25) is 0 Å². The molecular formula is C18H15FN4O4S2. The average molecular weight is 434 g/mol. The first-order chi connectivity index (χ1) is 13.9. The predicted molar refractivity (Wildman–Crippen MR) is 107 cm³/mol. The quantitative estimate of drug-likeness (QED) is 0.436. The number of imidazole rings is 1. The Morgan fingerprint density at radius 1 is 1.28 bits per heavy atom. The maximum Gasteiger partial charge on any atom is 0.357 e. The fraction of sp³-hybridized carbons (Fsp3) is 0.111. The van der Waals surface area contributed by atoms with Crippen molar-refractivity contribution in [1.82, 2.24) is 9.55 Å². The molecule has 0 aliphatic rings. The van der Waals surface area contributed by atoms with Gasteiger partial charge in [0.05, 0.1) is 11.8 Å². The van der Waals surface area contributed by atoms with E-state index in [-0.39, 0.29) is 16.3 Å². The first kappa shape index (κ1) is 20.6. The zero-order valence-electron chi connectivity index (χ0n) is 15.0. The lowest BCUT2D eigenvalue weighted by Gasteiger charge is -2.11. The van der Waals surface area contributed by atoms with Gasteiger partial charge in [-0.25, -0.2) is 14.2 Å². The van der Waals surface area contributed by atoms with Gasteiger partial charge in [0.15, 0.2) is 17.5 Å². The molecule has 0 radical (unpaired) electrons. The standard InChI is InChI=1S/C18H15FN4O4S2/c1-28-18-21-8-13(23(18)11-4-2-10(19)3-5-11)17(26)27-9-14(24)22-16-12(15(20)25)6-7-29-16/h2-8H,9H2,1H3,(H2,20,25)(H,22,24).